The summed E-state index contributed by atoms with van der Waals surface area (Å²) < 4.78 is 13.2. The fourth-order valence-corrected chi connectivity index (χ4v) is 2.79. The van der Waals surface area contributed by atoms with Crippen molar-refractivity contribution in [3.05, 3.63) is 40.1 Å². The second kappa shape index (κ2) is 6.49. The van der Waals surface area contributed by atoms with Gasteiger partial charge >= 0.3 is 0 Å². The SMILES string of the molecule is COc1cccc(OC)c1C(O)c1c(Br)cnn1C(C)C. The van der Waals surface area contributed by atoms with Crippen LogP contribution in [0.5, 0.6) is 11.5 Å². The molecule has 0 saturated carbocycles. The summed E-state index contributed by atoms with van der Waals surface area (Å²) in [6, 6.07) is 5.54. The molecule has 1 unspecified atom stereocenters. The van der Waals surface area contributed by atoms with Crippen LogP contribution < -0.4 is 9.47 Å². The van der Waals surface area contributed by atoms with Crippen molar-refractivity contribution in [3.8, 4) is 11.5 Å². The van der Waals surface area contributed by atoms with E-state index >= 15 is 0 Å². The van der Waals surface area contributed by atoms with Crippen molar-refractivity contribution in [2.75, 3.05) is 14.2 Å². The average Bonchev–Trinajstić information content (AvgIpc) is 2.87. The van der Waals surface area contributed by atoms with Gasteiger partial charge in [0.1, 0.15) is 17.6 Å². The summed E-state index contributed by atoms with van der Waals surface area (Å²) in [4.78, 5) is 0. The summed E-state index contributed by atoms with van der Waals surface area (Å²) in [7, 11) is 3.14. The van der Waals surface area contributed by atoms with E-state index in [1.165, 1.54) is 0 Å². The van der Waals surface area contributed by atoms with Gasteiger partial charge in [0.25, 0.3) is 0 Å². The zero-order valence-electron chi connectivity index (χ0n) is 12.5. The molecule has 2 rings (SSSR count). The van der Waals surface area contributed by atoms with Gasteiger partial charge in [-0.15, -0.1) is 0 Å². The monoisotopic (exact) mass is 354 g/mol. The van der Waals surface area contributed by atoms with Crippen molar-refractivity contribution in [1.82, 2.24) is 9.78 Å². The van der Waals surface area contributed by atoms with Crippen molar-refractivity contribution in [3.63, 3.8) is 0 Å². The lowest BCUT2D eigenvalue weighted by molar-refractivity contribution is 0.194. The first-order chi connectivity index (χ1) is 10.0. The molecule has 114 valence electrons. The van der Waals surface area contributed by atoms with Crippen molar-refractivity contribution >= 4 is 15.9 Å². The van der Waals surface area contributed by atoms with Crippen molar-refractivity contribution < 1.29 is 14.6 Å². The van der Waals surface area contributed by atoms with Crippen molar-refractivity contribution in [2.24, 2.45) is 0 Å². The van der Waals surface area contributed by atoms with Gasteiger partial charge in [0, 0.05) is 6.04 Å². The minimum absolute atomic E-state index is 0.127. The Balaban J connectivity index is 2.60. The first-order valence-corrected chi connectivity index (χ1v) is 7.42. The van der Waals surface area contributed by atoms with E-state index in [0.717, 1.165) is 4.47 Å². The number of halogens is 1. The highest BCUT2D eigenvalue weighted by Gasteiger charge is 2.26. The van der Waals surface area contributed by atoms with E-state index in [9.17, 15) is 5.11 Å². The molecule has 0 aliphatic rings. The van der Waals surface area contributed by atoms with Gasteiger partial charge < -0.3 is 14.6 Å². The van der Waals surface area contributed by atoms with Crippen LogP contribution in [0, 0.1) is 0 Å². The molecule has 6 heteroatoms. The van der Waals surface area contributed by atoms with Crippen LogP contribution in [0.4, 0.5) is 0 Å². The number of methoxy groups -OCH3 is 2. The third-order valence-electron chi connectivity index (χ3n) is 3.27. The molecule has 1 heterocycles. The van der Waals surface area contributed by atoms with Gasteiger partial charge in [-0.2, -0.15) is 5.10 Å². The second-order valence-corrected chi connectivity index (χ2v) is 5.75. The minimum Gasteiger partial charge on any atom is -0.496 e. The molecule has 1 N–H and O–H groups in total. The number of aliphatic hydroxyl groups excluding tert-OH is 1. The molecular formula is C15H19BrN2O3. The normalized spacial score (nSPS) is 12.5. The number of ether oxygens (including phenoxy) is 2. The summed E-state index contributed by atoms with van der Waals surface area (Å²) in [5.41, 5.74) is 1.26. The van der Waals surface area contributed by atoms with Gasteiger partial charge in [0.15, 0.2) is 0 Å². The Morgan fingerprint density at radius 1 is 1.19 bits per heavy atom. The van der Waals surface area contributed by atoms with Crippen LogP contribution in [-0.2, 0) is 0 Å². The van der Waals surface area contributed by atoms with E-state index in [-0.39, 0.29) is 6.04 Å². The van der Waals surface area contributed by atoms with Gasteiger partial charge in [0.05, 0.1) is 36.1 Å². The maximum absolute atomic E-state index is 10.9. The van der Waals surface area contributed by atoms with Crippen LogP contribution in [0.2, 0.25) is 0 Å². The van der Waals surface area contributed by atoms with Gasteiger partial charge in [-0.05, 0) is 41.9 Å². The molecule has 0 aliphatic carbocycles. The van der Waals surface area contributed by atoms with E-state index in [1.54, 1.807) is 37.2 Å². The topological polar surface area (TPSA) is 56.5 Å². The molecule has 2 aromatic rings. The zero-order valence-corrected chi connectivity index (χ0v) is 14.1. The lowest BCUT2D eigenvalue weighted by atomic mass is 10.0. The van der Waals surface area contributed by atoms with E-state index in [2.05, 4.69) is 21.0 Å². The third kappa shape index (κ3) is 2.91. The molecule has 5 nitrogen and oxygen atoms in total. The molecule has 0 aliphatic heterocycles. The van der Waals surface area contributed by atoms with Crippen LogP contribution in [0.1, 0.15) is 37.3 Å². The Morgan fingerprint density at radius 3 is 2.24 bits per heavy atom. The fourth-order valence-electron chi connectivity index (χ4n) is 2.30. The maximum Gasteiger partial charge on any atom is 0.129 e. The molecule has 0 saturated heterocycles. The molecule has 0 fully saturated rings. The Hall–Kier alpha value is -1.53. The molecule has 21 heavy (non-hydrogen) atoms. The Kier molecular flexibility index (Phi) is 4.90. The molecule has 0 spiro atoms. The number of hydrogen-bond acceptors (Lipinski definition) is 4. The minimum atomic E-state index is -0.907. The smallest absolute Gasteiger partial charge is 0.129 e. The number of rotatable bonds is 5. The summed E-state index contributed by atoms with van der Waals surface area (Å²) in [6.07, 6.45) is 0.774. The molecule has 1 aromatic carbocycles. The Morgan fingerprint density at radius 2 is 1.76 bits per heavy atom. The number of aromatic nitrogens is 2. The Labute approximate surface area is 132 Å². The van der Waals surface area contributed by atoms with Crippen LogP contribution >= 0.6 is 15.9 Å². The molecule has 1 atom stereocenters. The number of hydrogen-bond donors (Lipinski definition) is 1. The average molecular weight is 355 g/mol. The fraction of sp³-hybridized carbons (Fsp3) is 0.400. The van der Waals surface area contributed by atoms with Gasteiger partial charge in [-0.25, -0.2) is 0 Å². The van der Waals surface area contributed by atoms with E-state index < -0.39 is 6.10 Å². The standard InChI is InChI=1S/C15H19BrN2O3/c1-9(2)18-14(10(16)8-17-18)15(19)13-11(20-3)6-5-7-12(13)21-4/h5-9,15,19H,1-4H3. The van der Waals surface area contributed by atoms with E-state index in [1.807, 2.05) is 19.9 Å². The summed E-state index contributed by atoms with van der Waals surface area (Å²) in [6.45, 7) is 4.02. The molecule has 0 radical (unpaired) electrons. The first kappa shape index (κ1) is 15.9. The second-order valence-electron chi connectivity index (χ2n) is 4.89. The quantitative estimate of drug-likeness (QED) is 0.894. The summed E-state index contributed by atoms with van der Waals surface area (Å²) >= 11 is 3.45. The lowest BCUT2D eigenvalue weighted by Crippen LogP contribution is -2.14. The number of nitrogens with zero attached hydrogens (tertiary/aromatic N) is 2. The number of benzene rings is 1. The molecule has 0 amide bonds. The highest BCUT2D eigenvalue weighted by atomic mass is 79.9. The van der Waals surface area contributed by atoms with Gasteiger partial charge in [-0.1, -0.05) is 6.07 Å². The zero-order chi connectivity index (χ0) is 15.6. The molecule has 1 aromatic heterocycles. The van der Waals surface area contributed by atoms with Crippen LogP contribution in [-0.4, -0.2) is 29.1 Å². The maximum atomic E-state index is 10.9. The van der Waals surface area contributed by atoms with Gasteiger partial charge in [-0.3, -0.25) is 4.68 Å². The predicted octanol–water partition coefficient (Wildman–Crippen LogP) is 3.33. The van der Waals surface area contributed by atoms with Crippen LogP contribution in [0.3, 0.4) is 0 Å². The summed E-state index contributed by atoms with van der Waals surface area (Å²) in [5, 5.41) is 15.2. The molecule has 0 bridgehead atoms. The highest BCUT2D eigenvalue weighted by Crippen LogP contribution is 2.39. The van der Waals surface area contributed by atoms with Gasteiger partial charge in [0.2, 0.25) is 0 Å². The van der Waals surface area contributed by atoms with E-state index in [0.29, 0.717) is 22.8 Å². The van der Waals surface area contributed by atoms with Crippen LogP contribution in [0.25, 0.3) is 0 Å². The first-order valence-electron chi connectivity index (χ1n) is 6.63. The van der Waals surface area contributed by atoms with Crippen LogP contribution in [0.15, 0.2) is 28.9 Å². The lowest BCUT2D eigenvalue weighted by Gasteiger charge is -2.21. The number of aliphatic hydroxyl groups is 1. The van der Waals surface area contributed by atoms with E-state index in [4.69, 9.17) is 9.47 Å². The highest BCUT2D eigenvalue weighted by molar-refractivity contribution is 9.10. The van der Waals surface area contributed by atoms with Crippen molar-refractivity contribution in [2.45, 2.75) is 26.0 Å². The Bertz CT molecular complexity index is 603. The van der Waals surface area contributed by atoms with Crippen molar-refractivity contribution in [1.29, 1.82) is 0 Å². The molecular weight excluding hydrogens is 336 g/mol. The third-order valence-corrected chi connectivity index (χ3v) is 3.89. The largest absolute Gasteiger partial charge is 0.496 e. The summed E-state index contributed by atoms with van der Waals surface area (Å²) in [5.74, 6) is 1.15. The predicted molar refractivity (Wildman–Crippen MR) is 83.9 cm³/mol.